The van der Waals surface area contributed by atoms with Crippen LogP contribution >= 0.6 is 0 Å². The Bertz CT molecular complexity index is 601. The zero-order valence-corrected chi connectivity index (χ0v) is 15.5. The Morgan fingerprint density at radius 2 is 1.96 bits per heavy atom. The van der Waals surface area contributed by atoms with E-state index in [-0.39, 0.29) is 0 Å². The van der Waals surface area contributed by atoms with E-state index in [1.165, 1.54) is 32.4 Å². The largest absolute Gasteiger partial charge is 0.493 e. The van der Waals surface area contributed by atoms with Crippen LogP contribution in [-0.2, 0) is 6.54 Å². The maximum absolute atomic E-state index is 5.36. The van der Waals surface area contributed by atoms with E-state index in [9.17, 15) is 0 Å². The number of guanidine groups is 1. The molecule has 1 heterocycles. The van der Waals surface area contributed by atoms with Gasteiger partial charge in [-0.15, -0.1) is 0 Å². The van der Waals surface area contributed by atoms with Crippen LogP contribution in [0.5, 0.6) is 11.5 Å². The SMILES string of the molecule is CN=C(NCc1ccc(OC)c(OC)c1)NCC1CCN(C2CC2)C1. The zero-order chi connectivity index (χ0) is 17.6. The highest BCUT2D eigenvalue weighted by molar-refractivity contribution is 5.79. The van der Waals surface area contributed by atoms with Gasteiger partial charge >= 0.3 is 0 Å². The molecule has 0 spiro atoms. The monoisotopic (exact) mass is 346 g/mol. The van der Waals surface area contributed by atoms with Crippen LogP contribution < -0.4 is 20.1 Å². The van der Waals surface area contributed by atoms with E-state index in [4.69, 9.17) is 9.47 Å². The van der Waals surface area contributed by atoms with Crippen molar-refractivity contribution in [1.82, 2.24) is 15.5 Å². The number of hydrogen-bond acceptors (Lipinski definition) is 4. The van der Waals surface area contributed by atoms with Gasteiger partial charge in [0.1, 0.15) is 0 Å². The zero-order valence-electron chi connectivity index (χ0n) is 15.5. The molecule has 6 nitrogen and oxygen atoms in total. The first-order chi connectivity index (χ1) is 12.2. The van der Waals surface area contributed by atoms with Crippen molar-refractivity contribution in [3.05, 3.63) is 23.8 Å². The molecule has 0 radical (unpaired) electrons. The topological polar surface area (TPSA) is 58.1 Å². The maximum atomic E-state index is 5.36. The summed E-state index contributed by atoms with van der Waals surface area (Å²) >= 11 is 0. The Kier molecular flexibility index (Phi) is 6.02. The van der Waals surface area contributed by atoms with E-state index in [1.807, 2.05) is 25.2 Å². The Labute approximate surface area is 150 Å². The predicted molar refractivity (Wildman–Crippen MR) is 100 cm³/mol. The van der Waals surface area contributed by atoms with Crippen LogP contribution in [0.25, 0.3) is 0 Å². The number of nitrogens with zero attached hydrogens (tertiary/aromatic N) is 2. The van der Waals surface area contributed by atoms with Crippen LogP contribution in [0.4, 0.5) is 0 Å². The summed E-state index contributed by atoms with van der Waals surface area (Å²) in [6.45, 7) is 4.16. The minimum atomic E-state index is 0.693. The third-order valence-corrected chi connectivity index (χ3v) is 5.07. The fraction of sp³-hybridized carbons (Fsp3) is 0.632. The lowest BCUT2D eigenvalue weighted by atomic mass is 10.1. The van der Waals surface area contributed by atoms with E-state index in [0.29, 0.717) is 6.54 Å². The molecule has 1 unspecified atom stereocenters. The molecule has 25 heavy (non-hydrogen) atoms. The summed E-state index contributed by atoms with van der Waals surface area (Å²) in [6.07, 6.45) is 4.08. The van der Waals surface area contributed by atoms with Gasteiger partial charge in [-0.05, 0) is 49.4 Å². The molecule has 1 aromatic rings. The standard InChI is InChI=1S/C19H30N4O2/c1-20-19(22-12-15-8-9-23(13-15)16-5-6-16)21-11-14-4-7-17(24-2)18(10-14)25-3/h4,7,10,15-16H,5-6,8-9,11-13H2,1-3H3,(H2,20,21,22). The third-order valence-electron chi connectivity index (χ3n) is 5.07. The molecule has 6 heteroatoms. The normalized spacial score (nSPS) is 21.2. The number of aliphatic imine (C=N–C) groups is 1. The lowest BCUT2D eigenvalue weighted by Crippen LogP contribution is -2.40. The number of methoxy groups -OCH3 is 2. The molecule has 138 valence electrons. The van der Waals surface area contributed by atoms with Crippen LogP contribution in [0.15, 0.2) is 23.2 Å². The van der Waals surface area contributed by atoms with Crippen molar-refractivity contribution < 1.29 is 9.47 Å². The second-order valence-corrected chi connectivity index (χ2v) is 6.88. The summed E-state index contributed by atoms with van der Waals surface area (Å²) in [5.74, 6) is 3.06. The fourth-order valence-corrected chi connectivity index (χ4v) is 3.44. The van der Waals surface area contributed by atoms with Crippen molar-refractivity contribution in [3.63, 3.8) is 0 Å². The van der Waals surface area contributed by atoms with Crippen molar-refractivity contribution in [2.75, 3.05) is 40.9 Å². The molecule has 3 rings (SSSR count). The summed E-state index contributed by atoms with van der Waals surface area (Å²) in [7, 11) is 5.12. The van der Waals surface area contributed by atoms with Gasteiger partial charge in [-0.3, -0.25) is 4.99 Å². The number of likely N-dealkylation sites (tertiary alicyclic amines) is 1. The van der Waals surface area contributed by atoms with Crippen LogP contribution in [0.1, 0.15) is 24.8 Å². The quantitative estimate of drug-likeness (QED) is 0.583. The van der Waals surface area contributed by atoms with Crippen molar-refractivity contribution in [3.8, 4) is 11.5 Å². The molecule has 1 saturated carbocycles. The molecule has 1 aliphatic heterocycles. The molecule has 2 N–H and O–H groups in total. The first-order valence-electron chi connectivity index (χ1n) is 9.13. The highest BCUT2D eigenvalue weighted by Gasteiger charge is 2.34. The number of nitrogens with one attached hydrogen (secondary N) is 2. The molecular weight excluding hydrogens is 316 g/mol. The Morgan fingerprint density at radius 1 is 1.16 bits per heavy atom. The van der Waals surface area contributed by atoms with Gasteiger partial charge in [0.15, 0.2) is 17.5 Å². The molecule has 1 aliphatic carbocycles. The molecule has 2 fully saturated rings. The minimum Gasteiger partial charge on any atom is -0.493 e. The Hall–Kier alpha value is -1.95. The molecule has 1 saturated heterocycles. The molecule has 1 aromatic carbocycles. The molecule has 0 amide bonds. The van der Waals surface area contributed by atoms with Gasteiger partial charge in [0.25, 0.3) is 0 Å². The van der Waals surface area contributed by atoms with Gasteiger partial charge < -0.3 is 25.0 Å². The molecule has 0 aromatic heterocycles. The summed E-state index contributed by atoms with van der Waals surface area (Å²) in [4.78, 5) is 6.98. The molecule has 1 atom stereocenters. The molecular formula is C19H30N4O2. The number of benzene rings is 1. The highest BCUT2D eigenvalue weighted by Crippen LogP contribution is 2.31. The van der Waals surface area contributed by atoms with Crippen molar-refractivity contribution in [1.29, 1.82) is 0 Å². The van der Waals surface area contributed by atoms with Crippen molar-refractivity contribution in [2.45, 2.75) is 31.8 Å². The summed E-state index contributed by atoms with van der Waals surface area (Å²) < 4.78 is 10.6. The van der Waals surface area contributed by atoms with E-state index >= 15 is 0 Å². The maximum Gasteiger partial charge on any atom is 0.191 e. The highest BCUT2D eigenvalue weighted by atomic mass is 16.5. The lowest BCUT2D eigenvalue weighted by Gasteiger charge is -2.17. The van der Waals surface area contributed by atoms with E-state index in [1.54, 1.807) is 14.2 Å². The van der Waals surface area contributed by atoms with Crippen molar-refractivity contribution in [2.24, 2.45) is 10.9 Å². The smallest absolute Gasteiger partial charge is 0.191 e. The minimum absolute atomic E-state index is 0.693. The van der Waals surface area contributed by atoms with E-state index in [0.717, 1.165) is 41.5 Å². The van der Waals surface area contributed by atoms with Gasteiger partial charge in [-0.2, -0.15) is 0 Å². The number of hydrogen-bond donors (Lipinski definition) is 2. The predicted octanol–water partition coefficient (Wildman–Crippen LogP) is 1.85. The number of ether oxygens (including phenoxy) is 2. The van der Waals surface area contributed by atoms with Gasteiger partial charge in [0.05, 0.1) is 14.2 Å². The first kappa shape index (κ1) is 17.9. The average molecular weight is 346 g/mol. The summed E-state index contributed by atoms with van der Waals surface area (Å²) in [5.41, 5.74) is 1.13. The second kappa shape index (κ2) is 8.43. The third kappa shape index (κ3) is 4.78. The summed E-state index contributed by atoms with van der Waals surface area (Å²) in [6, 6.07) is 6.83. The lowest BCUT2D eigenvalue weighted by molar-refractivity contribution is 0.314. The van der Waals surface area contributed by atoms with Crippen LogP contribution in [-0.4, -0.2) is 57.8 Å². The number of rotatable bonds is 7. The van der Waals surface area contributed by atoms with E-state index < -0.39 is 0 Å². The second-order valence-electron chi connectivity index (χ2n) is 6.88. The van der Waals surface area contributed by atoms with Gasteiger partial charge in [0, 0.05) is 32.7 Å². The molecule has 0 bridgehead atoms. The van der Waals surface area contributed by atoms with Crippen LogP contribution in [0.3, 0.4) is 0 Å². The van der Waals surface area contributed by atoms with E-state index in [2.05, 4.69) is 20.5 Å². The summed E-state index contributed by atoms with van der Waals surface area (Å²) in [5, 5.41) is 6.84. The molecule has 2 aliphatic rings. The van der Waals surface area contributed by atoms with Crippen molar-refractivity contribution >= 4 is 5.96 Å². The average Bonchev–Trinajstić information content (AvgIpc) is 3.40. The van der Waals surface area contributed by atoms with Gasteiger partial charge in [0.2, 0.25) is 0 Å². The van der Waals surface area contributed by atoms with Crippen LogP contribution in [0, 0.1) is 5.92 Å². The van der Waals surface area contributed by atoms with Gasteiger partial charge in [-0.1, -0.05) is 6.07 Å². The Balaban J connectivity index is 1.44. The Morgan fingerprint density at radius 3 is 2.64 bits per heavy atom. The first-order valence-corrected chi connectivity index (χ1v) is 9.13. The fourth-order valence-electron chi connectivity index (χ4n) is 3.44. The van der Waals surface area contributed by atoms with Crippen LogP contribution in [0.2, 0.25) is 0 Å². The van der Waals surface area contributed by atoms with Gasteiger partial charge in [-0.25, -0.2) is 0 Å².